The van der Waals surface area contributed by atoms with Gasteiger partial charge in [0.05, 0.1) is 6.61 Å². The SMILES string of the molecule is CCC(C)CC(NN)C1COc2ccccc2C1. The zero-order valence-corrected chi connectivity index (χ0v) is 11.4. The van der Waals surface area contributed by atoms with Gasteiger partial charge in [-0.2, -0.15) is 0 Å². The molecule has 18 heavy (non-hydrogen) atoms. The molecule has 0 saturated carbocycles. The summed E-state index contributed by atoms with van der Waals surface area (Å²) in [5, 5.41) is 0. The van der Waals surface area contributed by atoms with E-state index in [-0.39, 0.29) is 0 Å². The second-order valence-electron chi connectivity index (χ2n) is 5.41. The molecule has 3 heteroatoms. The maximum atomic E-state index is 5.84. The lowest BCUT2D eigenvalue weighted by atomic mass is 9.85. The summed E-state index contributed by atoms with van der Waals surface area (Å²) in [6.45, 7) is 5.27. The standard InChI is InChI=1S/C15H24N2O/c1-3-11(2)8-14(17-16)13-9-12-6-4-5-7-15(12)18-10-13/h4-7,11,13-14,17H,3,8-10,16H2,1-2H3. The quantitative estimate of drug-likeness (QED) is 0.622. The lowest BCUT2D eigenvalue weighted by Crippen LogP contribution is -2.45. The third-order valence-corrected chi connectivity index (χ3v) is 4.04. The minimum atomic E-state index is 0.341. The topological polar surface area (TPSA) is 47.3 Å². The van der Waals surface area contributed by atoms with Gasteiger partial charge in [0.15, 0.2) is 0 Å². The van der Waals surface area contributed by atoms with Crippen LogP contribution in [0.3, 0.4) is 0 Å². The van der Waals surface area contributed by atoms with Crippen LogP contribution in [0.4, 0.5) is 0 Å². The van der Waals surface area contributed by atoms with Gasteiger partial charge < -0.3 is 4.74 Å². The van der Waals surface area contributed by atoms with E-state index in [2.05, 4.69) is 31.4 Å². The zero-order chi connectivity index (χ0) is 13.0. The maximum absolute atomic E-state index is 5.84. The van der Waals surface area contributed by atoms with E-state index in [1.54, 1.807) is 0 Å². The first-order valence-electron chi connectivity index (χ1n) is 6.91. The predicted octanol–water partition coefficient (Wildman–Crippen LogP) is 2.51. The van der Waals surface area contributed by atoms with Gasteiger partial charge in [0, 0.05) is 12.0 Å². The van der Waals surface area contributed by atoms with Crippen molar-refractivity contribution in [3.05, 3.63) is 29.8 Å². The summed E-state index contributed by atoms with van der Waals surface area (Å²) < 4.78 is 5.84. The summed E-state index contributed by atoms with van der Waals surface area (Å²) in [6.07, 6.45) is 3.37. The molecule has 0 fully saturated rings. The average molecular weight is 248 g/mol. The van der Waals surface area contributed by atoms with Crippen LogP contribution >= 0.6 is 0 Å². The number of nitrogens with two attached hydrogens (primary N) is 1. The normalized spacial score (nSPS) is 21.8. The smallest absolute Gasteiger partial charge is 0.122 e. The van der Waals surface area contributed by atoms with Gasteiger partial charge in [-0.1, -0.05) is 38.5 Å². The summed E-state index contributed by atoms with van der Waals surface area (Å²) in [4.78, 5) is 0. The number of hydrogen-bond acceptors (Lipinski definition) is 3. The van der Waals surface area contributed by atoms with Crippen LogP contribution < -0.4 is 16.0 Å². The number of ether oxygens (including phenoxy) is 1. The number of nitrogens with one attached hydrogen (secondary N) is 1. The maximum Gasteiger partial charge on any atom is 0.122 e. The van der Waals surface area contributed by atoms with Crippen LogP contribution in [0.1, 0.15) is 32.3 Å². The van der Waals surface area contributed by atoms with Crippen molar-refractivity contribution >= 4 is 0 Å². The summed E-state index contributed by atoms with van der Waals surface area (Å²) in [7, 11) is 0. The lowest BCUT2D eigenvalue weighted by molar-refractivity contribution is 0.170. The van der Waals surface area contributed by atoms with E-state index in [1.165, 1.54) is 12.0 Å². The van der Waals surface area contributed by atoms with E-state index in [0.717, 1.165) is 25.2 Å². The minimum absolute atomic E-state index is 0.341. The summed E-state index contributed by atoms with van der Waals surface area (Å²) in [5.41, 5.74) is 4.29. The highest BCUT2D eigenvalue weighted by molar-refractivity contribution is 5.35. The molecule has 2 rings (SSSR count). The van der Waals surface area contributed by atoms with Crippen molar-refractivity contribution in [2.45, 2.75) is 39.2 Å². The van der Waals surface area contributed by atoms with Crippen LogP contribution in [-0.2, 0) is 6.42 Å². The average Bonchev–Trinajstić information content (AvgIpc) is 2.44. The van der Waals surface area contributed by atoms with Crippen LogP contribution in [0.15, 0.2) is 24.3 Å². The Morgan fingerprint density at radius 1 is 1.44 bits per heavy atom. The number of rotatable bonds is 5. The first kappa shape index (κ1) is 13.4. The summed E-state index contributed by atoms with van der Waals surface area (Å²) in [5.74, 6) is 7.92. The third-order valence-electron chi connectivity index (χ3n) is 4.04. The predicted molar refractivity (Wildman–Crippen MR) is 74.3 cm³/mol. The number of hydrogen-bond donors (Lipinski definition) is 2. The highest BCUT2D eigenvalue weighted by atomic mass is 16.5. The number of para-hydroxylation sites is 1. The Labute approximate surface area is 110 Å². The Kier molecular flexibility index (Phi) is 4.61. The molecular formula is C15H24N2O. The summed E-state index contributed by atoms with van der Waals surface area (Å²) >= 11 is 0. The summed E-state index contributed by atoms with van der Waals surface area (Å²) in [6, 6.07) is 8.64. The van der Waals surface area contributed by atoms with Gasteiger partial charge in [-0.25, -0.2) is 0 Å². The molecule has 0 aliphatic carbocycles. The van der Waals surface area contributed by atoms with Gasteiger partial charge in [0.2, 0.25) is 0 Å². The Morgan fingerprint density at radius 3 is 2.94 bits per heavy atom. The molecule has 100 valence electrons. The second-order valence-corrected chi connectivity index (χ2v) is 5.41. The molecule has 0 bridgehead atoms. The largest absolute Gasteiger partial charge is 0.493 e. The van der Waals surface area contributed by atoms with Crippen molar-refractivity contribution in [1.29, 1.82) is 0 Å². The van der Waals surface area contributed by atoms with Crippen LogP contribution in [-0.4, -0.2) is 12.6 Å². The second kappa shape index (κ2) is 6.21. The fourth-order valence-electron chi connectivity index (χ4n) is 2.61. The molecule has 3 unspecified atom stereocenters. The fraction of sp³-hybridized carbons (Fsp3) is 0.600. The van der Waals surface area contributed by atoms with Crippen molar-refractivity contribution in [2.24, 2.45) is 17.7 Å². The van der Waals surface area contributed by atoms with Gasteiger partial charge in [-0.15, -0.1) is 0 Å². The van der Waals surface area contributed by atoms with Crippen molar-refractivity contribution < 1.29 is 4.74 Å². The first-order chi connectivity index (χ1) is 8.74. The van der Waals surface area contributed by atoms with E-state index < -0.39 is 0 Å². The van der Waals surface area contributed by atoms with Crippen molar-refractivity contribution in [2.75, 3.05) is 6.61 Å². The highest BCUT2D eigenvalue weighted by Crippen LogP contribution is 2.29. The molecule has 0 spiro atoms. The van der Waals surface area contributed by atoms with Crippen LogP contribution in [0.25, 0.3) is 0 Å². The van der Waals surface area contributed by atoms with Crippen LogP contribution in [0, 0.1) is 11.8 Å². The van der Waals surface area contributed by atoms with E-state index in [1.807, 2.05) is 12.1 Å². The molecule has 0 radical (unpaired) electrons. The number of fused-ring (bicyclic) bond motifs is 1. The monoisotopic (exact) mass is 248 g/mol. The van der Waals surface area contributed by atoms with Gasteiger partial charge in [0.1, 0.15) is 5.75 Å². The van der Waals surface area contributed by atoms with E-state index in [0.29, 0.717) is 17.9 Å². The molecular weight excluding hydrogens is 224 g/mol. The molecule has 1 aromatic rings. The number of benzene rings is 1. The van der Waals surface area contributed by atoms with Gasteiger partial charge in [-0.05, 0) is 30.4 Å². The molecule has 0 saturated heterocycles. The van der Waals surface area contributed by atoms with Gasteiger partial charge >= 0.3 is 0 Å². The third kappa shape index (κ3) is 3.03. The van der Waals surface area contributed by atoms with Gasteiger partial charge in [-0.3, -0.25) is 11.3 Å². The van der Waals surface area contributed by atoms with Crippen molar-refractivity contribution in [3.8, 4) is 5.75 Å². The molecule has 3 nitrogen and oxygen atoms in total. The Hall–Kier alpha value is -1.06. The molecule has 0 amide bonds. The highest BCUT2D eigenvalue weighted by Gasteiger charge is 2.27. The molecule has 1 heterocycles. The van der Waals surface area contributed by atoms with Crippen LogP contribution in [0.2, 0.25) is 0 Å². The molecule has 0 aromatic heterocycles. The lowest BCUT2D eigenvalue weighted by Gasteiger charge is -2.32. The first-order valence-corrected chi connectivity index (χ1v) is 6.91. The van der Waals surface area contributed by atoms with Crippen molar-refractivity contribution in [1.82, 2.24) is 5.43 Å². The molecule has 3 N–H and O–H groups in total. The Morgan fingerprint density at radius 2 is 2.22 bits per heavy atom. The molecule has 3 atom stereocenters. The van der Waals surface area contributed by atoms with Crippen molar-refractivity contribution in [3.63, 3.8) is 0 Å². The molecule has 1 aliphatic rings. The molecule has 1 aliphatic heterocycles. The number of hydrazine groups is 1. The zero-order valence-electron chi connectivity index (χ0n) is 11.4. The fourth-order valence-corrected chi connectivity index (χ4v) is 2.61. The van der Waals surface area contributed by atoms with E-state index in [9.17, 15) is 0 Å². The van der Waals surface area contributed by atoms with E-state index in [4.69, 9.17) is 10.6 Å². The van der Waals surface area contributed by atoms with Crippen LogP contribution in [0.5, 0.6) is 5.75 Å². The Balaban J connectivity index is 2.02. The molecule has 1 aromatic carbocycles. The van der Waals surface area contributed by atoms with E-state index >= 15 is 0 Å². The minimum Gasteiger partial charge on any atom is -0.493 e. The Bertz CT molecular complexity index is 381. The van der Waals surface area contributed by atoms with Gasteiger partial charge in [0.25, 0.3) is 0 Å².